The second-order valence-electron chi connectivity index (χ2n) is 7.20. The third-order valence-corrected chi connectivity index (χ3v) is 6.62. The van der Waals surface area contributed by atoms with Crippen LogP contribution in [0.15, 0.2) is 89.4 Å². The van der Waals surface area contributed by atoms with Gasteiger partial charge in [-0.2, -0.15) is 0 Å². The number of ether oxygens (including phenoxy) is 1. The van der Waals surface area contributed by atoms with E-state index in [-0.39, 0.29) is 0 Å². The van der Waals surface area contributed by atoms with Gasteiger partial charge in [-0.15, -0.1) is 0 Å². The minimum atomic E-state index is -0.454. The van der Waals surface area contributed by atoms with Crippen LogP contribution in [0.2, 0.25) is 5.02 Å². The average molecular weight is 446 g/mol. The second kappa shape index (κ2) is 5.73. The average Bonchev–Trinajstić information content (AvgIpc) is 3.00. The maximum Gasteiger partial charge on any atom is 0.132 e. The van der Waals surface area contributed by atoms with Crippen LogP contribution in [0, 0.1) is 0 Å². The van der Waals surface area contributed by atoms with E-state index in [1.807, 2.05) is 30.3 Å². The van der Waals surface area contributed by atoms with Gasteiger partial charge in [-0.25, -0.2) is 0 Å². The van der Waals surface area contributed by atoms with Crippen LogP contribution >= 0.6 is 27.5 Å². The van der Waals surface area contributed by atoms with Gasteiger partial charge in [0.1, 0.15) is 11.5 Å². The fraction of sp³-hybridized carbons (Fsp3) is 0.0400. The van der Waals surface area contributed by atoms with Crippen LogP contribution in [0.5, 0.6) is 11.5 Å². The molecule has 0 bridgehead atoms. The van der Waals surface area contributed by atoms with E-state index in [1.165, 1.54) is 16.7 Å². The molecule has 3 heteroatoms. The van der Waals surface area contributed by atoms with E-state index in [4.69, 9.17) is 16.3 Å². The van der Waals surface area contributed by atoms with Gasteiger partial charge in [0.15, 0.2) is 0 Å². The Labute approximate surface area is 176 Å². The number of rotatable bonds is 0. The first kappa shape index (κ1) is 16.4. The Kier molecular flexibility index (Phi) is 3.36. The van der Waals surface area contributed by atoms with Crippen LogP contribution in [0.4, 0.5) is 0 Å². The number of hydrogen-bond donors (Lipinski definition) is 0. The highest BCUT2D eigenvalue weighted by molar-refractivity contribution is 9.10. The molecule has 0 fully saturated rings. The summed E-state index contributed by atoms with van der Waals surface area (Å²) in [5.74, 6) is 1.78. The van der Waals surface area contributed by atoms with Crippen LogP contribution in [0.25, 0.3) is 11.1 Å². The Balaban J connectivity index is 1.88. The first-order valence-electron chi connectivity index (χ1n) is 9.17. The molecule has 1 spiro atoms. The van der Waals surface area contributed by atoms with Crippen molar-refractivity contribution >= 4 is 27.5 Å². The molecule has 1 aliphatic carbocycles. The maximum absolute atomic E-state index is 6.80. The highest BCUT2D eigenvalue weighted by Crippen LogP contribution is 2.63. The molecule has 0 aromatic heterocycles. The van der Waals surface area contributed by atoms with Crippen molar-refractivity contribution in [2.45, 2.75) is 5.41 Å². The summed E-state index contributed by atoms with van der Waals surface area (Å²) in [4.78, 5) is 0. The second-order valence-corrected chi connectivity index (χ2v) is 8.52. The molecule has 0 N–H and O–H groups in total. The predicted molar refractivity (Wildman–Crippen MR) is 117 cm³/mol. The number of para-hydroxylation sites is 2. The van der Waals surface area contributed by atoms with Crippen LogP contribution < -0.4 is 4.74 Å². The molecule has 1 heterocycles. The maximum atomic E-state index is 6.80. The topological polar surface area (TPSA) is 9.23 Å². The first-order valence-corrected chi connectivity index (χ1v) is 10.3. The molecule has 134 valence electrons. The number of benzene rings is 4. The van der Waals surface area contributed by atoms with E-state index in [0.29, 0.717) is 0 Å². The Bertz CT molecular complexity index is 1230. The quantitative estimate of drug-likeness (QED) is 0.234. The Morgan fingerprint density at radius 2 is 1.25 bits per heavy atom. The van der Waals surface area contributed by atoms with Crippen LogP contribution in [-0.2, 0) is 5.41 Å². The van der Waals surface area contributed by atoms with Gasteiger partial charge in [0.05, 0.1) is 5.41 Å². The summed E-state index contributed by atoms with van der Waals surface area (Å²) in [6, 6.07) is 29.4. The molecule has 0 amide bonds. The lowest BCUT2D eigenvalue weighted by atomic mass is 9.66. The zero-order valence-corrected chi connectivity index (χ0v) is 17.1. The minimum Gasteiger partial charge on any atom is -0.457 e. The standard InChI is InChI=1S/C25H14BrClO/c26-15-13-20-24(21(27)14-15)16-7-1-2-8-17(16)25(20)18-9-3-5-11-22(18)28-23-12-6-4-10-19(23)25/h1-14H. The molecule has 0 unspecified atom stereocenters. The van der Waals surface area contributed by atoms with E-state index < -0.39 is 5.41 Å². The summed E-state index contributed by atoms with van der Waals surface area (Å²) >= 11 is 10.5. The van der Waals surface area contributed by atoms with Crippen molar-refractivity contribution in [1.29, 1.82) is 0 Å². The van der Waals surface area contributed by atoms with Gasteiger partial charge >= 0.3 is 0 Å². The highest BCUT2D eigenvalue weighted by Gasteiger charge is 2.51. The van der Waals surface area contributed by atoms with Crippen LogP contribution in [0.3, 0.4) is 0 Å². The minimum absolute atomic E-state index is 0.454. The Morgan fingerprint density at radius 3 is 1.93 bits per heavy atom. The molecule has 0 saturated heterocycles. The summed E-state index contributed by atoms with van der Waals surface area (Å²) in [7, 11) is 0. The summed E-state index contributed by atoms with van der Waals surface area (Å²) in [6.45, 7) is 0. The largest absolute Gasteiger partial charge is 0.457 e. The molecular formula is C25H14BrClO. The van der Waals surface area contributed by atoms with Gasteiger partial charge in [0, 0.05) is 26.2 Å². The van der Waals surface area contributed by atoms with Crippen molar-refractivity contribution in [3.05, 3.63) is 117 Å². The summed E-state index contributed by atoms with van der Waals surface area (Å²) < 4.78 is 7.29. The van der Waals surface area contributed by atoms with Crippen molar-refractivity contribution < 1.29 is 4.74 Å². The molecule has 6 rings (SSSR count). The van der Waals surface area contributed by atoms with Gasteiger partial charge in [-0.1, -0.05) is 88.2 Å². The molecule has 2 aliphatic rings. The molecule has 0 atom stereocenters. The van der Waals surface area contributed by atoms with E-state index >= 15 is 0 Å². The number of fused-ring (bicyclic) bond motifs is 9. The Morgan fingerprint density at radius 1 is 0.679 bits per heavy atom. The lowest BCUT2D eigenvalue weighted by Crippen LogP contribution is -2.32. The van der Waals surface area contributed by atoms with E-state index in [2.05, 4.69) is 70.5 Å². The number of halogens is 2. The molecule has 28 heavy (non-hydrogen) atoms. The van der Waals surface area contributed by atoms with Crippen molar-refractivity contribution in [1.82, 2.24) is 0 Å². The van der Waals surface area contributed by atoms with Gasteiger partial charge < -0.3 is 4.74 Å². The summed E-state index contributed by atoms with van der Waals surface area (Å²) in [5.41, 5.74) is 6.56. The molecule has 0 saturated carbocycles. The molecule has 4 aromatic carbocycles. The third-order valence-electron chi connectivity index (χ3n) is 5.86. The Hall–Kier alpha value is -2.55. The van der Waals surface area contributed by atoms with Gasteiger partial charge in [-0.05, 0) is 41.0 Å². The SMILES string of the molecule is Clc1cc(Br)cc2c1-c1ccccc1C21c2ccccc2Oc2ccccc21. The first-order chi connectivity index (χ1) is 13.7. The smallest absolute Gasteiger partial charge is 0.132 e. The van der Waals surface area contributed by atoms with Gasteiger partial charge in [0.2, 0.25) is 0 Å². The van der Waals surface area contributed by atoms with Crippen molar-refractivity contribution in [2.75, 3.05) is 0 Å². The fourth-order valence-electron chi connectivity index (χ4n) is 4.89. The van der Waals surface area contributed by atoms with E-state index in [1.54, 1.807) is 0 Å². The van der Waals surface area contributed by atoms with Crippen LogP contribution in [0.1, 0.15) is 22.3 Å². The predicted octanol–water partition coefficient (Wildman–Crippen LogP) is 7.57. The highest BCUT2D eigenvalue weighted by atomic mass is 79.9. The molecule has 1 aliphatic heterocycles. The fourth-order valence-corrected chi connectivity index (χ4v) is 5.80. The molecule has 0 radical (unpaired) electrons. The van der Waals surface area contributed by atoms with E-state index in [0.717, 1.165) is 37.7 Å². The van der Waals surface area contributed by atoms with Crippen molar-refractivity contribution in [2.24, 2.45) is 0 Å². The number of hydrogen-bond acceptors (Lipinski definition) is 1. The van der Waals surface area contributed by atoms with Crippen molar-refractivity contribution in [3.8, 4) is 22.6 Å². The third kappa shape index (κ3) is 1.92. The normalized spacial score (nSPS) is 14.6. The molecular weight excluding hydrogens is 432 g/mol. The van der Waals surface area contributed by atoms with Gasteiger partial charge in [-0.3, -0.25) is 0 Å². The van der Waals surface area contributed by atoms with Gasteiger partial charge in [0.25, 0.3) is 0 Å². The molecule has 4 aromatic rings. The van der Waals surface area contributed by atoms with Crippen molar-refractivity contribution in [3.63, 3.8) is 0 Å². The summed E-state index contributed by atoms with van der Waals surface area (Å²) in [5, 5.41) is 0.759. The monoisotopic (exact) mass is 444 g/mol. The molecule has 1 nitrogen and oxygen atoms in total. The summed E-state index contributed by atoms with van der Waals surface area (Å²) in [6.07, 6.45) is 0. The van der Waals surface area contributed by atoms with Crippen LogP contribution in [-0.4, -0.2) is 0 Å². The zero-order valence-electron chi connectivity index (χ0n) is 14.7. The zero-order chi connectivity index (χ0) is 18.9. The lowest BCUT2D eigenvalue weighted by Gasteiger charge is -2.39. The van der Waals surface area contributed by atoms with E-state index in [9.17, 15) is 0 Å². The lowest BCUT2D eigenvalue weighted by molar-refractivity contribution is 0.436.